The van der Waals surface area contributed by atoms with Gasteiger partial charge >= 0.3 is 53.7 Å². The number of rotatable bonds is 32. The number of carbonyl (C=O) groups is 9. The Morgan fingerprint density at radius 3 is 1.05 bits per heavy atom. The Balaban J connectivity index is -0.000000937. The van der Waals surface area contributed by atoms with Gasteiger partial charge in [0.1, 0.15) is 26.4 Å². The maximum atomic E-state index is 11.8. The zero-order valence-corrected chi connectivity index (χ0v) is 42.5. The second kappa shape index (κ2) is 52.5. The molecule has 0 aromatic rings. The molecule has 1 rings (SSSR count). The lowest BCUT2D eigenvalue weighted by atomic mass is 9.96. The standard InChI is InChI=1S/C15H14O6.C15H18O4.C14H18O4.C12H14O6/c1-4-7-19-13(16)10-12(15(18)21-9-6-3)11-14(17)20-8-5-2;1-3-5-10-18-14(16)12-8-7-9-13(12)15(17)19-11-6-4-2;1-3-5-7-11-17-13(15)9-10-14(16)18-12-8-6-4-2;1-3-5-17-11(13)9-15-7-8-16-10-12(14)18-6-4-2/h1-3,12H,7-11H2;1-2,12-13H,5-11H2;1-2H,5-12H2;1-2H,5-10H2. The predicted octanol–water partition coefficient (Wildman–Crippen LogP) is 2.50. The number of esters is 9. The summed E-state index contributed by atoms with van der Waals surface area (Å²) in [4.78, 5) is 102. The molecule has 0 aliphatic heterocycles. The summed E-state index contributed by atoms with van der Waals surface area (Å²) in [5.74, 6) is 13.5. The molecule has 0 aromatic heterocycles. The summed E-state index contributed by atoms with van der Waals surface area (Å²) >= 11 is 0. The molecule has 76 heavy (non-hydrogen) atoms. The smallest absolute Gasteiger partial charge is 0.333 e. The molecule has 20 nitrogen and oxygen atoms in total. The van der Waals surface area contributed by atoms with E-state index in [2.05, 4.69) is 72.2 Å². The van der Waals surface area contributed by atoms with Crippen molar-refractivity contribution >= 4 is 53.7 Å². The van der Waals surface area contributed by atoms with Gasteiger partial charge in [0.25, 0.3) is 0 Å². The van der Waals surface area contributed by atoms with Gasteiger partial charge in [-0.05, 0) is 25.7 Å². The van der Waals surface area contributed by atoms with Crippen LogP contribution in [0.1, 0.15) is 83.5 Å². The first-order chi connectivity index (χ1) is 36.7. The molecule has 0 saturated heterocycles. The Bertz CT molecular complexity index is 2040. The van der Waals surface area contributed by atoms with E-state index in [0.29, 0.717) is 64.6 Å². The SMILES string of the molecule is C#CCCCOC(=O)CCC(=O)OCCCC#C.C#CCCOC(=O)C1CCCC1C(=O)OCCC#C.C#CCOC(=O)CC(CC(=O)OCC#C)C(=O)OCC#C.C#CCOC(=O)COCCOCC(=O)OCC#C. The van der Waals surface area contributed by atoms with E-state index in [9.17, 15) is 43.2 Å². The van der Waals surface area contributed by atoms with Gasteiger partial charge < -0.3 is 52.1 Å². The molecule has 1 fully saturated rings. The minimum Gasteiger partial charge on any atom is -0.466 e. The van der Waals surface area contributed by atoms with Crippen LogP contribution in [0.15, 0.2) is 0 Å². The number of hydrogen-bond acceptors (Lipinski definition) is 20. The molecule has 0 bridgehead atoms. The average molecular weight is 1060 g/mol. The minimum atomic E-state index is -1.08. The zero-order valence-electron chi connectivity index (χ0n) is 42.5. The molecule has 0 heterocycles. The second-order valence-corrected chi connectivity index (χ2v) is 14.4. The molecule has 408 valence electrons. The number of unbranched alkanes of at least 4 members (excludes halogenated alkanes) is 2. The van der Waals surface area contributed by atoms with Crippen molar-refractivity contribution in [3.63, 3.8) is 0 Å². The van der Waals surface area contributed by atoms with Crippen LogP contribution >= 0.6 is 0 Å². The van der Waals surface area contributed by atoms with Gasteiger partial charge in [0.15, 0.2) is 33.0 Å². The molecule has 2 atom stereocenters. The average Bonchev–Trinajstić information content (AvgIpc) is 3.92. The van der Waals surface area contributed by atoms with Crippen LogP contribution in [0, 0.1) is 129 Å². The highest BCUT2D eigenvalue weighted by molar-refractivity contribution is 5.85. The van der Waals surface area contributed by atoms with Crippen LogP contribution in [0.3, 0.4) is 0 Å². The van der Waals surface area contributed by atoms with Crippen molar-refractivity contribution in [2.75, 3.05) is 85.9 Å². The van der Waals surface area contributed by atoms with E-state index >= 15 is 0 Å². The fourth-order valence-corrected chi connectivity index (χ4v) is 5.22. The third-order valence-electron chi connectivity index (χ3n) is 8.63. The van der Waals surface area contributed by atoms with Crippen LogP contribution in [0.25, 0.3) is 0 Å². The molecule has 0 N–H and O–H groups in total. The normalized spacial score (nSPS) is 12.0. The molecule has 0 spiro atoms. The minimum absolute atomic E-state index is 0.0318. The Labute approximate surface area is 446 Å². The van der Waals surface area contributed by atoms with Gasteiger partial charge in [-0.15, -0.1) is 81.5 Å². The Kier molecular flexibility index (Phi) is 49.4. The fraction of sp³-hybridized carbons (Fsp3) is 0.518. The highest BCUT2D eigenvalue weighted by Gasteiger charge is 2.39. The first kappa shape index (κ1) is 71.4. The van der Waals surface area contributed by atoms with E-state index < -0.39 is 59.5 Å². The summed E-state index contributed by atoms with van der Waals surface area (Å²) < 4.78 is 52.7. The number of terminal acetylenes is 9. The van der Waals surface area contributed by atoms with E-state index in [1.165, 1.54) is 0 Å². The molecule has 1 aliphatic carbocycles. The lowest BCUT2D eigenvalue weighted by Crippen LogP contribution is -2.29. The zero-order chi connectivity index (χ0) is 57.5. The molecular weight excluding hydrogens is 993 g/mol. The van der Waals surface area contributed by atoms with Gasteiger partial charge in [-0.1, -0.05) is 36.0 Å². The molecule has 2 unspecified atom stereocenters. The quantitative estimate of drug-likeness (QED) is 0.0406. The summed E-state index contributed by atoms with van der Waals surface area (Å²) in [5.41, 5.74) is 0. The van der Waals surface area contributed by atoms with Gasteiger partial charge in [-0.2, -0.15) is 0 Å². The van der Waals surface area contributed by atoms with Crippen molar-refractivity contribution in [1.29, 1.82) is 0 Å². The Morgan fingerprint density at radius 2 is 0.711 bits per heavy atom. The summed E-state index contributed by atoms with van der Waals surface area (Å²) in [6, 6.07) is 0. The van der Waals surface area contributed by atoms with E-state index in [4.69, 9.17) is 91.0 Å². The summed E-state index contributed by atoms with van der Waals surface area (Å²) in [6.07, 6.45) is 49.5. The van der Waals surface area contributed by atoms with Crippen LogP contribution in [-0.2, 0) is 95.3 Å². The Morgan fingerprint density at radius 1 is 0.368 bits per heavy atom. The number of hydrogen-bond donors (Lipinski definition) is 0. The van der Waals surface area contributed by atoms with Crippen molar-refractivity contribution in [2.45, 2.75) is 83.5 Å². The summed E-state index contributed by atoms with van der Waals surface area (Å²) in [5, 5.41) is 0. The van der Waals surface area contributed by atoms with Crippen LogP contribution < -0.4 is 0 Å². The van der Waals surface area contributed by atoms with Crippen LogP contribution in [-0.4, -0.2) is 140 Å². The third kappa shape index (κ3) is 45.1. The van der Waals surface area contributed by atoms with E-state index in [1.807, 2.05) is 0 Å². The van der Waals surface area contributed by atoms with Crippen molar-refractivity contribution in [2.24, 2.45) is 17.8 Å². The van der Waals surface area contributed by atoms with Gasteiger partial charge in [0, 0.05) is 25.7 Å². The van der Waals surface area contributed by atoms with Crippen molar-refractivity contribution < 1.29 is 95.3 Å². The van der Waals surface area contributed by atoms with Gasteiger partial charge in [-0.3, -0.25) is 33.6 Å². The largest absolute Gasteiger partial charge is 0.466 e. The first-order valence-electron chi connectivity index (χ1n) is 23.2. The number of ether oxygens (including phenoxy) is 11. The third-order valence-corrected chi connectivity index (χ3v) is 8.63. The van der Waals surface area contributed by atoms with E-state index in [-0.39, 0.29) is 110 Å². The highest BCUT2D eigenvalue weighted by atomic mass is 16.6. The highest BCUT2D eigenvalue weighted by Crippen LogP contribution is 2.33. The molecule has 20 heteroatoms. The summed E-state index contributed by atoms with van der Waals surface area (Å²) in [6.45, 7) is -0.0528. The molecular formula is C56H64O20. The Hall–Kier alpha value is -8.81. The monoisotopic (exact) mass is 1060 g/mol. The maximum Gasteiger partial charge on any atom is 0.333 e. The molecule has 1 saturated carbocycles. The van der Waals surface area contributed by atoms with Crippen molar-refractivity contribution in [3.05, 3.63) is 0 Å². The topological polar surface area (TPSA) is 255 Å². The fourth-order valence-electron chi connectivity index (χ4n) is 5.22. The second-order valence-electron chi connectivity index (χ2n) is 14.4. The van der Waals surface area contributed by atoms with Crippen LogP contribution in [0.2, 0.25) is 0 Å². The number of carbonyl (C=O) groups excluding carboxylic acids is 9. The van der Waals surface area contributed by atoms with E-state index in [0.717, 1.165) is 6.42 Å². The van der Waals surface area contributed by atoms with Crippen LogP contribution in [0.4, 0.5) is 0 Å². The molecule has 1 aliphatic rings. The van der Waals surface area contributed by atoms with Gasteiger partial charge in [0.05, 0.1) is 69.9 Å². The maximum absolute atomic E-state index is 11.8. The predicted molar refractivity (Wildman–Crippen MR) is 270 cm³/mol. The lowest BCUT2D eigenvalue weighted by molar-refractivity contribution is -0.159. The molecule has 0 aromatic carbocycles. The first-order valence-corrected chi connectivity index (χ1v) is 23.2. The molecule has 0 amide bonds. The van der Waals surface area contributed by atoms with Crippen LogP contribution in [0.5, 0.6) is 0 Å². The van der Waals surface area contributed by atoms with Crippen molar-refractivity contribution in [1.82, 2.24) is 0 Å². The van der Waals surface area contributed by atoms with Gasteiger partial charge in [0.2, 0.25) is 0 Å². The van der Waals surface area contributed by atoms with Gasteiger partial charge in [-0.25, -0.2) is 9.59 Å². The summed E-state index contributed by atoms with van der Waals surface area (Å²) in [7, 11) is 0. The lowest BCUT2D eigenvalue weighted by Gasteiger charge is -2.16. The van der Waals surface area contributed by atoms with E-state index in [1.54, 1.807) is 0 Å². The molecule has 0 radical (unpaired) electrons. The van der Waals surface area contributed by atoms with Crippen molar-refractivity contribution in [3.8, 4) is 111 Å².